The van der Waals surface area contributed by atoms with E-state index in [1.165, 1.54) is 6.42 Å². The topological polar surface area (TPSA) is 66.4 Å². The van der Waals surface area contributed by atoms with Gasteiger partial charge in [-0.25, -0.2) is 0 Å². The molecule has 0 aromatic carbocycles. The molecule has 1 rings (SSSR count). The summed E-state index contributed by atoms with van der Waals surface area (Å²) in [4.78, 5) is 22.8. The van der Waals surface area contributed by atoms with E-state index < -0.39 is 11.4 Å². The van der Waals surface area contributed by atoms with E-state index in [1.54, 1.807) is 13.8 Å². The molecule has 0 aliphatic heterocycles. The SMILES string of the molecule is CSC1CCCC(NC(=O)CC(C)(C)C(=O)O)C1. The highest BCUT2D eigenvalue weighted by Gasteiger charge is 2.31. The van der Waals surface area contributed by atoms with Crippen molar-refractivity contribution in [2.75, 3.05) is 6.26 Å². The van der Waals surface area contributed by atoms with Crippen LogP contribution in [0.1, 0.15) is 46.0 Å². The zero-order valence-electron chi connectivity index (χ0n) is 11.4. The van der Waals surface area contributed by atoms with E-state index in [2.05, 4.69) is 11.6 Å². The van der Waals surface area contributed by atoms with Crippen LogP contribution in [0.4, 0.5) is 0 Å². The highest BCUT2D eigenvalue weighted by atomic mass is 32.2. The molecule has 0 aromatic rings. The van der Waals surface area contributed by atoms with E-state index in [4.69, 9.17) is 5.11 Å². The summed E-state index contributed by atoms with van der Waals surface area (Å²) in [5.74, 6) is -1.07. The minimum atomic E-state index is -0.988. The number of carboxylic acids is 1. The first-order valence-electron chi connectivity index (χ1n) is 6.40. The number of aliphatic carboxylic acids is 1. The van der Waals surface area contributed by atoms with Crippen LogP contribution in [0.3, 0.4) is 0 Å². The van der Waals surface area contributed by atoms with Gasteiger partial charge in [-0.2, -0.15) is 11.8 Å². The fourth-order valence-corrected chi connectivity index (χ4v) is 3.07. The van der Waals surface area contributed by atoms with Crippen LogP contribution in [0.25, 0.3) is 0 Å². The molecule has 2 atom stereocenters. The second-order valence-electron chi connectivity index (χ2n) is 5.65. The summed E-state index contributed by atoms with van der Waals surface area (Å²) >= 11 is 1.85. The predicted octanol–water partition coefficient (Wildman–Crippen LogP) is 2.28. The molecule has 5 heteroatoms. The largest absolute Gasteiger partial charge is 0.481 e. The molecule has 0 saturated heterocycles. The monoisotopic (exact) mass is 273 g/mol. The minimum Gasteiger partial charge on any atom is -0.481 e. The average Bonchev–Trinajstić information content (AvgIpc) is 2.28. The molecule has 1 amide bonds. The highest BCUT2D eigenvalue weighted by Crippen LogP contribution is 2.27. The number of hydrogen-bond acceptors (Lipinski definition) is 3. The Balaban J connectivity index is 2.42. The van der Waals surface area contributed by atoms with Crippen LogP contribution in [0.2, 0.25) is 0 Å². The van der Waals surface area contributed by atoms with Crippen LogP contribution in [0.5, 0.6) is 0 Å². The molecule has 1 aliphatic carbocycles. The van der Waals surface area contributed by atoms with Gasteiger partial charge in [-0.1, -0.05) is 6.42 Å². The van der Waals surface area contributed by atoms with Crippen LogP contribution in [0, 0.1) is 5.41 Å². The Hall–Kier alpha value is -0.710. The number of rotatable bonds is 5. The molecule has 1 saturated carbocycles. The highest BCUT2D eigenvalue weighted by molar-refractivity contribution is 7.99. The Morgan fingerprint density at radius 3 is 2.61 bits per heavy atom. The van der Waals surface area contributed by atoms with Gasteiger partial charge in [0.25, 0.3) is 0 Å². The number of nitrogens with one attached hydrogen (secondary N) is 1. The molecular formula is C13H23NO3S. The number of carbonyl (C=O) groups excluding carboxylic acids is 1. The Morgan fingerprint density at radius 1 is 1.39 bits per heavy atom. The van der Waals surface area contributed by atoms with Crippen molar-refractivity contribution in [2.24, 2.45) is 5.41 Å². The van der Waals surface area contributed by atoms with Gasteiger partial charge in [-0.3, -0.25) is 9.59 Å². The van der Waals surface area contributed by atoms with Gasteiger partial charge in [0, 0.05) is 17.7 Å². The number of hydrogen-bond donors (Lipinski definition) is 2. The molecule has 0 heterocycles. The summed E-state index contributed by atoms with van der Waals surface area (Å²) in [5.41, 5.74) is -0.988. The summed E-state index contributed by atoms with van der Waals surface area (Å²) < 4.78 is 0. The second kappa shape index (κ2) is 6.45. The van der Waals surface area contributed by atoms with E-state index in [0.717, 1.165) is 19.3 Å². The van der Waals surface area contributed by atoms with Crippen molar-refractivity contribution in [3.63, 3.8) is 0 Å². The first-order chi connectivity index (χ1) is 8.35. The lowest BCUT2D eigenvalue weighted by Crippen LogP contribution is -2.41. The molecule has 0 bridgehead atoms. The van der Waals surface area contributed by atoms with E-state index in [1.807, 2.05) is 11.8 Å². The summed E-state index contributed by atoms with van der Waals surface area (Å²) in [6.45, 7) is 3.17. The van der Waals surface area contributed by atoms with Gasteiger partial charge in [0.15, 0.2) is 0 Å². The zero-order valence-corrected chi connectivity index (χ0v) is 12.2. The molecule has 104 valence electrons. The maximum Gasteiger partial charge on any atom is 0.309 e. The van der Waals surface area contributed by atoms with Crippen LogP contribution in [-0.4, -0.2) is 34.5 Å². The van der Waals surface area contributed by atoms with Crippen LogP contribution >= 0.6 is 11.8 Å². The number of carbonyl (C=O) groups is 2. The normalized spacial score (nSPS) is 24.6. The summed E-state index contributed by atoms with van der Waals surface area (Å²) in [5, 5.41) is 12.6. The van der Waals surface area contributed by atoms with Crippen molar-refractivity contribution >= 4 is 23.6 Å². The van der Waals surface area contributed by atoms with Crippen molar-refractivity contribution in [1.82, 2.24) is 5.32 Å². The maximum absolute atomic E-state index is 11.8. The minimum absolute atomic E-state index is 0.0444. The summed E-state index contributed by atoms with van der Waals surface area (Å²) in [6.07, 6.45) is 6.51. The Bertz CT molecular complexity index is 317. The van der Waals surface area contributed by atoms with Gasteiger partial charge in [-0.05, 0) is 39.4 Å². The summed E-state index contributed by atoms with van der Waals surface area (Å²) in [6, 6.07) is 0.216. The van der Waals surface area contributed by atoms with Crippen LogP contribution in [-0.2, 0) is 9.59 Å². The fraction of sp³-hybridized carbons (Fsp3) is 0.846. The first-order valence-corrected chi connectivity index (χ1v) is 7.69. The van der Waals surface area contributed by atoms with Crippen LogP contribution in [0.15, 0.2) is 0 Å². The maximum atomic E-state index is 11.8. The average molecular weight is 273 g/mol. The molecule has 1 fully saturated rings. The second-order valence-corrected chi connectivity index (χ2v) is 6.79. The molecule has 4 nitrogen and oxygen atoms in total. The van der Waals surface area contributed by atoms with Crippen molar-refractivity contribution in [2.45, 2.75) is 57.2 Å². The fourth-order valence-electron chi connectivity index (χ4n) is 2.25. The summed E-state index contributed by atoms with van der Waals surface area (Å²) in [7, 11) is 0. The van der Waals surface area contributed by atoms with Crippen LogP contribution < -0.4 is 5.32 Å². The molecule has 2 unspecified atom stereocenters. The van der Waals surface area contributed by atoms with Crippen molar-refractivity contribution in [1.29, 1.82) is 0 Å². The molecule has 1 aliphatic rings. The molecule has 2 N–H and O–H groups in total. The molecule has 0 aromatic heterocycles. The lowest BCUT2D eigenvalue weighted by Gasteiger charge is -2.29. The smallest absolute Gasteiger partial charge is 0.309 e. The van der Waals surface area contributed by atoms with E-state index >= 15 is 0 Å². The third kappa shape index (κ3) is 4.52. The van der Waals surface area contributed by atoms with Gasteiger partial charge >= 0.3 is 5.97 Å². The number of amides is 1. The Morgan fingerprint density at radius 2 is 2.06 bits per heavy atom. The molecule has 0 radical (unpaired) electrons. The van der Waals surface area contributed by atoms with Crippen molar-refractivity contribution in [3.8, 4) is 0 Å². The van der Waals surface area contributed by atoms with Crippen molar-refractivity contribution in [3.05, 3.63) is 0 Å². The first kappa shape index (κ1) is 15.3. The predicted molar refractivity (Wildman–Crippen MR) is 73.7 cm³/mol. The molecular weight excluding hydrogens is 250 g/mol. The number of thioether (sulfide) groups is 1. The van der Waals surface area contributed by atoms with E-state index in [0.29, 0.717) is 5.25 Å². The zero-order chi connectivity index (χ0) is 13.8. The lowest BCUT2D eigenvalue weighted by molar-refractivity contribution is -0.149. The van der Waals surface area contributed by atoms with Gasteiger partial charge in [0.1, 0.15) is 0 Å². The van der Waals surface area contributed by atoms with Gasteiger partial charge < -0.3 is 10.4 Å². The van der Waals surface area contributed by atoms with Crippen molar-refractivity contribution < 1.29 is 14.7 Å². The Kier molecular flexibility index (Phi) is 5.50. The van der Waals surface area contributed by atoms with Gasteiger partial charge in [-0.15, -0.1) is 0 Å². The lowest BCUT2D eigenvalue weighted by atomic mass is 9.88. The standard InChI is InChI=1S/C13H23NO3S/c1-13(2,12(16)17)8-11(15)14-9-5-4-6-10(7-9)18-3/h9-10H,4-8H2,1-3H3,(H,14,15)(H,16,17). The van der Waals surface area contributed by atoms with Gasteiger partial charge in [0.2, 0.25) is 5.91 Å². The van der Waals surface area contributed by atoms with Gasteiger partial charge in [0.05, 0.1) is 5.41 Å². The molecule has 0 spiro atoms. The Labute approximate surface area is 113 Å². The van der Waals surface area contributed by atoms with E-state index in [9.17, 15) is 9.59 Å². The number of carboxylic acid groups (broad SMARTS) is 1. The van der Waals surface area contributed by atoms with E-state index in [-0.39, 0.29) is 18.4 Å². The third-order valence-electron chi connectivity index (χ3n) is 3.51. The quantitative estimate of drug-likeness (QED) is 0.806. The third-order valence-corrected chi connectivity index (χ3v) is 4.60. The molecule has 18 heavy (non-hydrogen) atoms.